The second-order valence-electron chi connectivity index (χ2n) is 6.86. The molecule has 112 valence electrons. The minimum absolute atomic E-state index is 0.251. The van der Waals surface area contributed by atoms with Crippen molar-refractivity contribution >= 4 is 31.8 Å². The van der Waals surface area contributed by atoms with Crippen LogP contribution >= 0.6 is 23.5 Å². The van der Waals surface area contributed by atoms with Gasteiger partial charge in [-0.15, -0.1) is 23.5 Å². The molecule has 0 N–H and O–H groups in total. The smallest absolute Gasteiger partial charge is 0.250 e. The first kappa shape index (κ1) is 16.3. The van der Waals surface area contributed by atoms with Gasteiger partial charge in [0.2, 0.25) is 8.32 Å². The summed E-state index contributed by atoms with van der Waals surface area (Å²) in [5, 5.41) is 0.251. The monoisotopic (exact) mass is 326 g/mol. The van der Waals surface area contributed by atoms with E-state index in [-0.39, 0.29) is 5.04 Å². The van der Waals surface area contributed by atoms with Gasteiger partial charge < -0.3 is 4.43 Å². The van der Waals surface area contributed by atoms with E-state index < -0.39 is 8.32 Å². The van der Waals surface area contributed by atoms with Gasteiger partial charge in [-0.05, 0) is 53.8 Å². The maximum absolute atomic E-state index is 6.33. The number of hydrogen-bond acceptors (Lipinski definition) is 3. The topological polar surface area (TPSA) is 9.23 Å². The molecule has 0 atom stereocenters. The van der Waals surface area contributed by atoms with E-state index >= 15 is 0 Å². The molecular weight excluding hydrogens is 300 g/mol. The van der Waals surface area contributed by atoms with Gasteiger partial charge >= 0.3 is 0 Å². The van der Waals surface area contributed by atoms with Crippen LogP contribution in [0.5, 0.6) is 5.75 Å². The Labute approximate surface area is 133 Å². The summed E-state index contributed by atoms with van der Waals surface area (Å²) in [6, 6.07) is 8.81. The van der Waals surface area contributed by atoms with Crippen LogP contribution in [0.3, 0.4) is 0 Å². The third-order valence-corrected chi connectivity index (χ3v) is 11.5. The molecule has 1 aliphatic heterocycles. The first-order chi connectivity index (χ1) is 9.29. The fourth-order valence-corrected chi connectivity index (χ4v) is 5.75. The quantitative estimate of drug-likeness (QED) is 0.636. The van der Waals surface area contributed by atoms with Crippen molar-refractivity contribution in [2.45, 2.75) is 49.9 Å². The molecule has 0 bridgehead atoms. The highest BCUT2D eigenvalue weighted by atomic mass is 32.2. The van der Waals surface area contributed by atoms with E-state index in [4.69, 9.17) is 4.43 Å². The molecule has 0 unspecified atom stereocenters. The van der Waals surface area contributed by atoms with E-state index in [1.165, 1.54) is 23.5 Å². The average molecular weight is 327 g/mol. The van der Waals surface area contributed by atoms with Gasteiger partial charge in [-0.2, -0.15) is 0 Å². The standard InChI is InChI=1S/C16H26OS2Si/c1-16(2,3)20(4,5)17-14-9-7-13(8-10-14)15-18-11-6-12-19-15/h7-10,15H,6,11-12H2,1-5H3. The first-order valence-corrected chi connectivity index (χ1v) is 12.3. The maximum atomic E-state index is 6.33. The summed E-state index contributed by atoms with van der Waals surface area (Å²) in [5.74, 6) is 3.62. The Balaban J connectivity index is 2.05. The lowest BCUT2D eigenvalue weighted by atomic mass is 10.2. The molecular formula is C16H26OS2Si. The number of hydrogen-bond donors (Lipinski definition) is 0. The van der Waals surface area contributed by atoms with Crippen LogP contribution in [0.25, 0.3) is 0 Å². The van der Waals surface area contributed by atoms with Crippen LogP contribution in [0.2, 0.25) is 18.1 Å². The third-order valence-electron chi connectivity index (χ3n) is 4.16. The summed E-state index contributed by atoms with van der Waals surface area (Å²) in [6.45, 7) is 11.4. The summed E-state index contributed by atoms with van der Waals surface area (Å²) < 4.78 is 6.95. The molecule has 0 aliphatic carbocycles. The van der Waals surface area contributed by atoms with Crippen molar-refractivity contribution in [2.24, 2.45) is 0 Å². The third kappa shape index (κ3) is 3.98. The molecule has 0 radical (unpaired) electrons. The Hall–Kier alpha value is -0.0631. The summed E-state index contributed by atoms with van der Waals surface area (Å²) in [4.78, 5) is 0. The Kier molecular flexibility index (Phi) is 5.19. The molecule has 1 aromatic carbocycles. The molecule has 1 saturated heterocycles. The summed E-state index contributed by atoms with van der Waals surface area (Å²) in [5.41, 5.74) is 1.43. The largest absolute Gasteiger partial charge is 0.544 e. The molecule has 1 nitrogen and oxygen atoms in total. The van der Waals surface area contributed by atoms with E-state index in [1.807, 2.05) is 0 Å². The van der Waals surface area contributed by atoms with Crippen molar-refractivity contribution in [2.75, 3.05) is 11.5 Å². The van der Waals surface area contributed by atoms with Gasteiger partial charge in [0.15, 0.2) is 0 Å². The van der Waals surface area contributed by atoms with E-state index in [2.05, 4.69) is 81.7 Å². The lowest BCUT2D eigenvalue weighted by Gasteiger charge is -2.36. The normalized spacial score (nSPS) is 18.1. The molecule has 0 aromatic heterocycles. The predicted octanol–water partition coefficient (Wildman–Crippen LogP) is 5.94. The summed E-state index contributed by atoms with van der Waals surface area (Å²) >= 11 is 4.14. The Morgan fingerprint density at radius 1 is 1.05 bits per heavy atom. The fourth-order valence-electron chi connectivity index (χ4n) is 1.82. The zero-order valence-corrected chi connectivity index (χ0v) is 15.9. The van der Waals surface area contributed by atoms with Crippen molar-refractivity contribution in [3.05, 3.63) is 29.8 Å². The van der Waals surface area contributed by atoms with Crippen LogP contribution in [0, 0.1) is 0 Å². The molecule has 0 spiro atoms. The number of thioether (sulfide) groups is 2. The summed E-state index contributed by atoms with van der Waals surface area (Å²) in [7, 11) is -1.71. The van der Waals surface area contributed by atoms with Gasteiger partial charge in [0.1, 0.15) is 5.75 Å². The van der Waals surface area contributed by atoms with Crippen LogP contribution in [0.15, 0.2) is 24.3 Å². The highest BCUT2D eigenvalue weighted by Crippen LogP contribution is 2.44. The van der Waals surface area contributed by atoms with Gasteiger partial charge in [-0.1, -0.05) is 32.9 Å². The van der Waals surface area contributed by atoms with Crippen molar-refractivity contribution in [1.29, 1.82) is 0 Å². The van der Waals surface area contributed by atoms with Gasteiger partial charge in [0, 0.05) is 0 Å². The molecule has 0 saturated carbocycles. The number of benzene rings is 1. The maximum Gasteiger partial charge on any atom is 0.250 e. The average Bonchev–Trinajstić information content (AvgIpc) is 2.39. The van der Waals surface area contributed by atoms with Gasteiger partial charge in [-0.25, -0.2) is 0 Å². The molecule has 4 heteroatoms. The zero-order chi connectivity index (χ0) is 14.8. The Bertz CT molecular complexity index is 431. The van der Waals surface area contributed by atoms with Crippen LogP contribution < -0.4 is 4.43 Å². The van der Waals surface area contributed by atoms with Crippen LogP contribution in [-0.2, 0) is 0 Å². The fraction of sp³-hybridized carbons (Fsp3) is 0.625. The predicted molar refractivity (Wildman–Crippen MR) is 96.5 cm³/mol. The first-order valence-electron chi connectivity index (χ1n) is 7.32. The van der Waals surface area contributed by atoms with Crippen LogP contribution in [0.1, 0.15) is 37.3 Å². The molecule has 1 heterocycles. The number of rotatable bonds is 3. The molecule has 2 rings (SSSR count). The van der Waals surface area contributed by atoms with Crippen molar-refractivity contribution in [1.82, 2.24) is 0 Å². The van der Waals surface area contributed by atoms with Crippen LogP contribution in [-0.4, -0.2) is 19.8 Å². The summed E-state index contributed by atoms with van der Waals surface area (Å²) in [6.07, 6.45) is 1.35. The van der Waals surface area contributed by atoms with Crippen LogP contribution in [0.4, 0.5) is 0 Å². The van der Waals surface area contributed by atoms with E-state index in [9.17, 15) is 0 Å². The molecule has 1 fully saturated rings. The van der Waals surface area contributed by atoms with Gasteiger partial charge in [0.05, 0.1) is 4.58 Å². The second-order valence-corrected chi connectivity index (χ2v) is 14.3. The van der Waals surface area contributed by atoms with Crippen molar-refractivity contribution in [3.63, 3.8) is 0 Å². The Morgan fingerprint density at radius 3 is 2.10 bits per heavy atom. The lowest BCUT2D eigenvalue weighted by Crippen LogP contribution is -2.43. The minimum atomic E-state index is -1.71. The molecule has 1 aliphatic rings. The minimum Gasteiger partial charge on any atom is -0.544 e. The highest BCUT2D eigenvalue weighted by Gasteiger charge is 2.38. The van der Waals surface area contributed by atoms with E-state index in [0.29, 0.717) is 4.58 Å². The highest BCUT2D eigenvalue weighted by molar-refractivity contribution is 8.16. The Morgan fingerprint density at radius 2 is 1.60 bits per heavy atom. The SMILES string of the molecule is CC(C)(C)[Si](C)(C)Oc1ccc(C2SCCCS2)cc1. The zero-order valence-electron chi connectivity index (χ0n) is 13.2. The van der Waals surface area contributed by atoms with E-state index in [0.717, 1.165) is 5.75 Å². The molecule has 20 heavy (non-hydrogen) atoms. The molecule has 1 aromatic rings. The van der Waals surface area contributed by atoms with Gasteiger partial charge in [-0.3, -0.25) is 0 Å². The molecule has 0 amide bonds. The van der Waals surface area contributed by atoms with Gasteiger partial charge in [0.25, 0.3) is 0 Å². The lowest BCUT2D eigenvalue weighted by molar-refractivity contribution is 0.492. The van der Waals surface area contributed by atoms with Crippen molar-refractivity contribution in [3.8, 4) is 5.75 Å². The van der Waals surface area contributed by atoms with E-state index in [1.54, 1.807) is 0 Å². The second kappa shape index (κ2) is 6.37. The van der Waals surface area contributed by atoms with Crippen molar-refractivity contribution < 1.29 is 4.43 Å².